The van der Waals surface area contributed by atoms with Crippen molar-refractivity contribution in [2.24, 2.45) is 23.2 Å². The summed E-state index contributed by atoms with van der Waals surface area (Å²) in [4.78, 5) is 38.6. The fourth-order valence-corrected chi connectivity index (χ4v) is 4.80. The number of rotatable bonds is 13. The van der Waals surface area contributed by atoms with E-state index in [0.29, 0.717) is 6.42 Å². The monoisotopic (exact) mass is 439 g/mol. The molecule has 1 aliphatic rings. The first-order valence-electron chi connectivity index (χ1n) is 12.1. The van der Waals surface area contributed by atoms with Gasteiger partial charge in [-0.2, -0.15) is 0 Å². The highest BCUT2D eigenvalue weighted by Gasteiger charge is 2.42. The molecule has 0 aromatic rings. The third-order valence-electron chi connectivity index (χ3n) is 6.62. The summed E-state index contributed by atoms with van der Waals surface area (Å²) in [6.45, 7) is 7.90. The van der Waals surface area contributed by atoms with Crippen LogP contribution < -0.4 is 16.1 Å². The summed E-state index contributed by atoms with van der Waals surface area (Å²) in [7, 11) is 1.56. The molecule has 0 aromatic heterocycles. The van der Waals surface area contributed by atoms with Crippen LogP contribution in [0.25, 0.3) is 0 Å². The predicted octanol–water partition coefficient (Wildman–Crippen LogP) is 3.94. The van der Waals surface area contributed by atoms with Crippen LogP contribution in [-0.2, 0) is 14.4 Å². The summed E-state index contributed by atoms with van der Waals surface area (Å²) in [6, 6.07) is -0.696. The molecule has 0 aliphatic heterocycles. The third kappa shape index (κ3) is 8.79. The van der Waals surface area contributed by atoms with Crippen molar-refractivity contribution in [2.75, 3.05) is 7.05 Å². The van der Waals surface area contributed by atoms with E-state index in [1.807, 2.05) is 26.3 Å². The second kappa shape index (κ2) is 13.7. The van der Waals surface area contributed by atoms with Crippen molar-refractivity contribution in [1.82, 2.24) is 16.1 Å². The van der Waals surface area contributed by atoms with E-state index < -0.39 is 29.2 Å². The largest absolute Gasteiger partial charge is 0.357 e. The molecule has 180 valence electrons. The van der Waals surface area contributed by atoms with Crippen molar-refractivity contribution in [3.05, 3.63) is 0 Å². The van der Waals surface area contributed by atoms with Gasteiger partial charge in [-0.05, 0) is 30.6 Å². The molecular weight excluding hydrogens is 394 g/mol. The molecule has 7 nitrogen and oxygen atoms in total. The number of likely N-dealkylation sites (N-methyl/N-ethyl adjacent to an activating group) is 1. The Kier molecular flexibility index (Phi) is 12.1. The number of carbonyl (C=O) groups excluding carboxylic acids is 3. The van der Waals surface area contributed by atoms with Crippen molar-refractivity contribution >= 4 is 17.7 Å². The maximum Gasteiger partial charge on any atom is 0.247 e. The van der Waals surface area contributed by atoms with E-state index in [-0.39, 0.29) is 17.7 Å². The Hall–Kier alpha value is -1.63. The van der Waals surface area contributed by atoms with Crippen LogP contribution in [0, 0.1) is 23.2 Å². The molecule has 0 aromatic carbocycles. The second-order valence-electron chi connectivity index (χ2n) is 10.1. The predicted molar refractivity (Wildman–Crippen MR) is 122 cm³/mol. The highest BCUT2D eigenvalue weighted by molar-refractivity contribution is 5.91. The second-order valence-corrected chi connectivity index (χ2v) is 10.1. The van der Waals surface area contributed by atoms with E-state index in [9.17, 15) is 19.6 Å². The van der Waals surface area contributed by atoms with Crippen molar-refractivity contribution < 1.29 is 19.6 Å². The molecule has 1 fully saturated rings. The lowest BCUT2D eigenvalue weighted by Crippen LogP contribution is -2.55. The fraction of sp³-hybridized carbons (Fsp3) is 0.875. The molecule has 0 spiro atoms. The molecule has 0 bridgehead atoms. The van der Waals surface area contributed by atoms with E-state index in [4.69, 9.17) is 0 Å². The van der Waals surface area contributed by atoms with Crippen LogP contribution in [0.1, 0.15) is 98.3 Å². The first kappa shape index (κ1) is 27.4. The van der Waals surface area contributed by atoms with Gasteiger partial charge >= 0.3 is 0 Å². The van der Waals surface area contributed by atoms with Gasteiger partial charge in [0.2, 0.25) is 17.7 Å². The first-order valence-corrected chi connectivity index (χ1v) is 12.1. The molecule has 0 radical (unpaired) electrons. The maximum atomic E-state index is 13.5. The summed E-state index contributed by atoms with van der Waals surface area (Å²) in [6.07, 6.45) is 11.0. The Morgan fingerprint density at radius 3 is 2.03 bits per heavy atom. The zero-order valence-corrected chi connectivity index (χ0v) is 20.3. The maximum absolute atomic E-state index is 13.5. The van der Waals surface area contributed by atoms with Gasteiger partial charge in [0.05, 0.1) is 5.92 Å². The van der Waals surface area contributed by atoms with Gasteiger partial charge in [-0.25, -0.2) is 5.48 Å². The summed E-state index contributed by atoms with van der Waals surface area (Å²) in [5.74, 6) is -2.05. The van der Waals surface area contributed by atoms with Gasteiger partial charge in [-0.1, -0.05) is 79.1 Å². The van der Waals surface area contributed by atoms with Crippen molar-refractivity contribution in [2.45, 2.75) is 104 Å². The number of amides is 3. The number of unbranched alkanes of at least 4 members (excludes halogenated alkanes) is 5. The highest BCUT2D eigenvalue weighted by atomic mass is 16.5. The van der Waals surface area contributed by atoms with Crippen LogP contribution in [0.4, 0.5) is 0 Å². The fourth-order valence-electron chi connectivity index (χ4n) is 4.80. The first-order chi connectivity index (χ1) is 14.7. The van der Waals surface area contributed by atoms with Crippen LogP contribution in [0.15, 0.2) is 0 Å². The van der Waals surface area contributed by atoms with Crippen LogP contribution >= 0.6 is 0 Å². The average molecular weight is 440 g/mol. The number of nitrogens with one attached hydrogen (secondary N) is 3. The molecule has 1 aliphatic carbocycles. The molecule has 0 heterocycles. The molecule has 0 saturated heterocycles. The van der Waals surface area contributed by atoms with E-state index in [2.05, 4.69) is 17.6 Å². The minimum atomic E-state index is -0.696. The topological polar surface area (TPSA) is 108 Å². The molecule has 3 amide bonds. The molecule has 1 saturated carbocycles. The van der Waals surface area contributed by atoms with Crippen LogP contribution in [-0.4, -0.2) is 36.0 Å². The standard InChI is InChI=1S/C24H45N3O4/c1-6-7-8-9-10-11-16-18(19(22(29)27-31)17-14-12-13-15-17)21(28)26-20(23(30)25-5)24(2,3)4/h17-20,31H,6-16H2,1-5H3,(H,25,30)(H,26,28)(H,27,29)/t18-,19+,20-/m1/s1. The van der Waals surface area contributed by atoms with Gasteiger partial charge in [-0.15, -0.1) is 0 Å². The Balaban J connectivity index is 3.03. The summed E-state index contributed by atoms with van der Waals surface area (Å²) < 4.78 is 0. The summed E-state index contributed by atoms with van der Waals surface area (Å²) in [5, 5.41) is 15.0. The third-order valence-corrected chi connectivity index (χ3v) is 6.62. The van der Waals surface area contributed by atoms with Gasteiger partial charge in [0, 0.05) is 13.0 Å². The number of carbonyl (C=O) groups is 3. The normalized spacial score (nSPS) is 17.6. The van der Waals surface area contributed by atoms with Crippen molar-refractivity contribution in [1.29, 1.82) is 0 Å². The number of hydroxylamine groups is 1. The Morgan fingerprint density at radius 1 is 0.935 bits per heavy atom. The quantitative estimate of drug-likeness (QED) is 0.198. The minimum absolute atomic E-state index is 0.0797. The van der Waals surface area contributed by atoms with E-state index in [1.165, 1.54) is 19.3 Å². The molecule has 0 unspecified atom stereocenters. The molecule has 3 atom stereocenters. The lowest BCUT2D eigenvalue weighted by atomic mass is 9.76. The average Bonchev–Trinajstić information content (AvgIpc) is 3.25. The van der Waals surface area contributed by atoms with Crippen LogP contribution in [0.5, 0.6) is 0 Å². The SMILES string of the molecule is CCCCCCCC[C@@H](C(=O)N[C@H](C(=O)NC)C(C)(C)C)[C@@H](C(=O)NO)C1CCCC1. The van der Waals surface area contributed by atoms with Crippen molar-refractivity contribution in [3.63, 3.8) is 0 Å². The van der Waals surface area contributed by atoms with E-state index >= 15 is 0 Å². The number of hydrogen-bond donors (Lipinski definition) is 4. The smallest absolute Gasteiger partial charge is 0.247 e. The zero-order chi connectivity index (χ0) is 23.4. The summed E-state index contributed by atoms with van der Waals surface area (Å²) in [5.41, 5.74) is 1.35. The number of hydrogen-bond acceptors (Lipinski definition) is 4. The summed E-state index contributed by atoms with van der Waals surface area (Å²) >= 11 is 0. The molecular formula is C24H45N3O4. The minimum Gasteiger partial charge on any atom is -0.357 e. The lowest BCUT2D eigenvalue weighted by molar-refractivity contribution is -0.144. The van der Waals surface area contributed by atoms with Crippen LogP contribution in [0.2, 0.25) is 0 Å². The van der Waals surface area contributed by atoms with Gasteiger partial charge in [0.15, 0.2) is 0 Å². The molecule has 4 N–H and O–H groups in total. The van der Waals surface area contributed by atoms with Gasteiger partial charge in [0.1, 0.15) is 6.04 Å². The molecule has 31 heavy (non-hydrogen) atoms. The molecule has 1 rings (SSSR count). The lowest BCUT2D eigenvalue weighted by Gasteiger charge is -2.34. The van der Waals surface area contributed by atoms with Crippen molar-refractivity contribution in [3.8, 4) is 0 Å². The van der Waals surface area contributed by atoms with E-state index in [0.717, 1.165) is 44.9 Å². The van der Waals surface area contributed by atoms with E-state index in [1.54, 1.807) is 7.05 Å². The highest BCUT2D eigenvalue weighted by Crippen LogP contribution is 2.38. The van der Waals surface area contributed by atoms with Gasteiger partial charge in [0.25, 0.3) is 0 Å². The Bertz CT molecular complexity index is 568. The van der Waals surface area contributed by atoms with Gasteiger partial charge in [-0.3, -0.25) is 19.6 Å². The Morgan fingerprint density at radius 2 is 1.52 bits per heavy atom. The zero-order valence-electron chi connectivity index (χ0n) is 20.3. The van der Waals surface area contributed by atoms with Crippen LogP contribution in [0.3, 0.4) is 0 Å². The molecule has 7 heteroatoms. The van der Waals surface area contributed by atoms with Gasteiger partial charge < -0.3 is 10.6 Å². The Labute approximate surface area is 188 Å².